The highest BCUT2D eigenvalue weighted by atomic mass is 79.9. The largest absolute Gasteiger partial charge is 0.454 e. The van der Waals surface area contributed by atoms with Gasteiger partial charge in [-0.25, -0.2) is 9.18 Å². The molecule has 0 aliphatic carbocycles. The van der Waals surface area contributed by atoms with Gasteiger partial charge in [0.25, 0.3) is 0 Å². The smallest absolute Gasteiger partial charge is 0.339 e. The fourth-order valence-corrected chi connectivity index (χ4v) is 2.53. The van der Waals surface area contributed by atoms with Crippen LogP contribution in [0.4, 0.5) is 4.39 Å². The summed E-state index contributed by atoms with van der Waals surface area (Å²) >= 11 is 3.08. The Morgan fingerprint density at radius 3 is 2.70 bits per heavy atom. The number of hydrogen-bond donors (Lipinski definition) is 0. The average molecular weight is 381 g/mol. The molecule has 0 saturated heterocycles. The molecule has 0 N–H and O–H groups in total. The normalized spacial score (nSPS) is 12.1. The summed E-state index contributed by atoms with van der Waals surface area (Å²) in [5, 5.41) is 0. The zero-order valence-electron chi connectivity index (χ0n) is 11.7. The summed E-state index contributed by atoms with van der Waals surface area (Å²) in [6.07, 6.45) is 0. The van der Waals surface area contributed by atoms with Gasteiger partial charge in [-0.05, 0) is 52.3 Å². The SMILES string of the molecule is O=C(COC(=O)c1ccc(F)cc1Br)c1ccc2c(c1)OCO2. The summed E-state index contributed by atoms with van der Waals surface area (Å²) in [7, 11) is 0. The number of hydrogen-bond acceptors (Lipinski definition) is 5. The first kappa shape index (κ1) is 15.5. The molecule has 0 fully saturated rings. The van der Waals surface area contributed by atoms with Crippen molar-refractivity contribution in [2.24, 2.45) is 0 Å². The number of rotatable bonds is 4. The van der Waals surface area contributed by atoms with Crippen molar-refractivity contribution in [2.45, 2.75) is 0 Å². The fourth-order valence-electron chi connectivity index (χ4n) is 2.02. The van der Waals surface area contributed by atoms with Crippen LogP contribution in [0.1, 0.15) is 20.7 Å². The molecule has 23 heavy (non-hydrogen) atoms. The van der Waals surface area contributed by atoms with Crippen LogP contribution in [-0.4, -0.2) is 25.2 Å². The summed E-state index contributed by atoms with van der Waals surface area (Å²) in [4.78, 5) is 24.0. The molecule has 0 atom stereocenters. The first-order valence-electron chi connectivity index (χ1n) is 6.59. The standard InChI is InChI=1S/C16H10BrFO5/c17-12-6-10(18)2-3-11(12)16(20)21-7-13(19)9-1-4-14-15(5-9)23-8-22-14/h1-6H,7-8H2. The number of carbonyl (C=O) groups is 2. The number of Topliss-reactive ketones (excluding diaryl/α,β-unsaturated/α-hetero) is 1. The molecule has 0 amide bonds. The maximum absolute atomic E-state index is 13.0. The van der Waals surface area contributed by atoms with Gasteiger partial charge in [-0.2, -0.15) is 0 Å². The van der Waals surface area contributed by atoms with Crippen LogP contribution in [0.3, 0.4) is 0 Å². The molecular weight excluding hydrogens is 371 g/mol. The van der Waals surface area contributed by atoms with E-state index in [2.05, 4.69) is 15.9 Å². The third-order valence-corrected chi connectivity index (χ3v) is 3.84. The first-order chi connectivity index (χ1) is 11.0. The van der Waals surface area contributed by atoms with Gasteiger partial charge in [0.1, 0.15) is 5.82 Å². The van der Waals surface area contributed by atoms with Gasteiger partial charge in [0, 0.05) is 10.0 Å². The van der Waals surface area contributed by atoms with Gasteiger partial charge in [0.15, 0.2) is 23.9 Å². The molecule has 5 nitrogen and oxygen atoms in total. The van der Waals surface area contributed by atoms with Gasteiger partial charge in [-0.1, -0.05) is 0 Å². The van der Waals surface area contributed by atoms with Crippen molar-refractivity contribution in [2.75, 3.05) is 13.4 Å². The number of benzene rings is 2. The van der Waals surface area contributed by atoms with E-state index < -0.39 is 18.4 Å². The van der Waals surface area contributed by atoms with E-state index in [4.69, 9.17) is 14.2 Å². The maximum atomic E-state index is 13.0. The fraction of sp³-hybridized carbons (Fsp3) is 0.125. The molecule has 1 heterocycles. The molecule has 0 aromatic heterocycles. The van der Waals surface area contributed by atoms with Crippen molar-refractivity contribution in [3.05, 3.63) is 57.8 Å². The number of esters is 1. The summed E-state index contributed by atoms with van der Waals surface area (Å²) in [5.41, 5.74) is 0.491. The molecule has 118 valence electrons. The average Bonchev–Trinajstić information content (AvgIpc) is 2.99. The minimum atomic E-state index is -0.717. The Hall–Kier alpha value is -2.41. The molecule has 0 radical (unpaired) electrons. The Morgan fingerprint density at radius 2 is 1.91 bits per heavy atom. The highest BCUT2D eigenvalue weighted by Gasteiger charge is 2.18. The lowest BCUT2D eigenvalue weighted by Crippen LogP contribution is -2.14. The van der Waals surface area contributed by atoms with E-state index in [1.807, 2.05) is 0 Å². The van der Waals surface area contributed by atoms with Crippen LogP contribution in [0.15, 0.2) is 40.9 Å². The number of ketones is 1. The van der Waals surface area contributed by atoms with E-state index in [0.717, 1.165) is 12.1 Å². The second-order valence-corrected chi connectivity index (χ2v) is 5.55. The molecule has 1 aliphatic heterocycles. The second kappa shape index (κ2) is 6.37. The topological polar surface area (TPSA) is 61.8 Å². The van der Waals surface area contributed by atoms with Crippen molar-refractivity contribution in [3.63, 3.8) is 0 Å². The van der Waals surface area contributed by atoms with Crippen LogP contribution < -0.4 is 9.47 Å². The molecule has 0 unspecified atom stereocenters. The molecule has 0 saturated carbocycles. The Balaban J connectivity index is 1.65. The van der Waals surface area contributed by atoms with Crippen LogP contribution in [0, 0.1) is 5.82 Å². The highest BCUT2D eigenvalue weighted by Crippen LogP contribution is 2.32. The van der Waals surface area contributed by atoms with Crippen molar-refractivity contribution in [3.8, 4) is 11.5 Å². The molecule has 2 aromatic rings. The molecular formula is C16H10BrFO5. The van der Waals surface area contributed by atoms with Gasteiger partial charge in [0.2, 0.25) is 6.79 Å². The Bertz CT molecular complexity index is 790. The molecule has 2 aromatic carbocycles. The van der Waals surface area contributed by atoms with Crippen LogP contribution in [0.5, 0.6) is 11.5 Å². The van der Waals surface area contributed by atoms with Crippen molar-refractivity contribution < 1.29 is 28.2 Å². The Labute approximate surface area is 139 Å². The lowest BCUT2D eigenvalue weighted by molar-refractivity contribution is 0.0473. The molecule has 0 bridgehead atoms. The molecule has 7 heteroatoms. The van der Waals surface area contributed by atoms with Crippen molar-refractivity contribution >= 4 is 27.7 Å². The zero-order chi connectivity index (χ0) is 16.4. The third kappa shape index (κ3) is 3.34. The van der Waals surface area contributed by atoms with E-state index in [1.165, 1.54) is 12.1 Å². The first-order valence-corrected chi connectivity index (χ1v) is 7.39. The minimum absolute atomic E-state index is 0.112. The minimum Gasteiger partial charge on any atom is -0.454 e. The van der Waals surface area contributed by atoms with Crippen molar-refractivity contribution in [1.82, 2.24) is 0 Å². The van der Waals surface area contributed by atoms with Crippen LogP contribution in [-0.2, 0) is 4.74 Å². The lowest BCUT2D eigenvalue weighted by Gasteiger charge is -2.06. The van der Waals surface area contributed by atoms with Crippen molar-refractivity contribution in [1.29, 1.82) is 0 Å². The van der Waals surface area contributed by atoms with Gasteiger partial charge < -0.3 is 14.2 Å². The monoisotopic (exact) mass is 380 g/mol. The summed E-state index contributed by atoms with van der Waals surface area (Å²) in [6, 6.07) is 8.29. The predicted molar refractivity (Wildman–Crippen MR) is 81.3 cm³/mol. The summed E-state index contributed by atoms with van der Waals surface area (Å²) in [5.74, 6) is -0.539. The third-order valence-electron chi connectivity index (χ3n) is 3.18. The number of carbonyl (C=O) groups excluding carboxylic acids is 2. The number of ether oxygens (including phenoxy) is 3. The highest BCUT2D eigenvalue weighted by molar-refractivity contribution is 9.10. The summed E-state index contributed by atoms with van der Waals surface area (Å²) in [6.45, 7) is -0.317. The van der Waals surface area contributed by atoms with Crippen LogP contribution in [0.2, 0.25) is 0 Å². The van der Waals surface area contributed by atoms with E-state index in [0.29, 0.717) is 17.1 Å². The molecule has 1 aliphatic rings. The van der Waals surface area contributed by atoms with E-state index in [-0.39, 0.29) is 22.6 Å². The van der Waals surface area contributed by atoms with Gasteiger partial charge in [0.05, 0.1) is 5.56 Å². The number of fused-ring (bicyclic) bond motifs is 1. The van der Waals surface area contributed by atoms with Gasteiger partial charge in [-0.3, -0.25) is 4.79 Å². The van der Waals surface area contributed by atoms with E-state index in [1.54, 1.807) is 12.1 Å². The van der Waals surface area contributed by atoms with E-state index in [9.17, 15) is 14.0 Å². The number of halogens is 2. The Morgan fingerprint density at radius 1 is 1.13 bits per heavy atom. The van der Waals surface area contributed by atoms with Crippen LogP contribution >= 0.6 is 15.9 Å². The molecule has 0 spiro atoms. The maximum Gasteiger partial charge on any atom is 0.339 e. The second-order valence-electron chi connectivity index (χ2n) is 4.69. The Kier molecular flexibility index (Phi) is 4.29. The summed E-state index contributed by atoms with van der Waals surface area (Å²) < 4.78 is 28.6. The lowest BCUT2D eigenvalue weighted by atomic mass is 10.1. The van der Waals surface area contributed by atoms with E-state index >= 15 is 0 Å². The predicted octanol–water partition coefficient (Wildman–Crippen LogP) is 3.36. The van der Waals surface area contributed by atoms with Crippen LogP contribution in [0.25, 0.3) is 0 Å². The van der Waals surface area contributed by atoms with Gasteiger partial charge in [-0.15, -0.1) is 0 Å². The zero-order valence-corrected chi connectivity index (χ0v) is 13.3. The quantitative estimate of drug-likeness (QED) is 0.601. The molecule has 3 rings (SSSR count). The van der Waals surface area contributed by atoms with Gasteiger partial charge >= 0.3 is 5.97 Å².